The lowest BCUT2D eigenvalue weighted by molar-refractivity contribution is -0.138. The standard InChI is InChI=1S/C10H17F3N2O2S/c11-10(12,13)18-7-6-14-2-1-3-15(5-4-14)8-9(16)17/h1-8H2,(H,16,17). The summed E-state index contributed by atoms with van der Waals surface area (Å²) in [6.45, 7) is 3.05. The monoisotopic (exact) mass is 286 g/mol. The summed E-state index contributed by atoms with van der Waals surface area (Å²) in [5.74, 6) is -0.835. The van der Waals surface area contributed by atoms with Crippen molar-refractivity contribution in [3.8, 4) is 0 Å². The van der Waals surface area contributed by atoms with E-state index in [4.69, 9.17) is 5.11 Å². The Morgan fingerprint density at radius 2 is 1.78 bits per heavy atom. The summed E-state index contributed by atoms with van der Waals surface area (Å²) in [6.07, 6.45) is 0.796. The van der Waals surface area contributed by atoms with Gasteiger partial charge in [0.2, 0.25) is 0 Å². The summed E-state index contributed by atoms with van der Waals surface area (Å²) < 4.78 is 35.9. The highest BCUT2D eigenvalue weighted by Crippen LogP contribution is 2.29. The van der Waals surface area contributed by atoms with Crippen LogP contribution in [0.25, 0.3) is 0 Å². The molecule has 18 heavy (non-hydrogen) atoms. The van der Waals surface area contributed by atoms with Crippen LogP contribution in [0, 0.1) is 0 Å². The molecule has 0 aromatic carbocycles. The Morgan fingerprint density at radius 3 is 2.39 bits per heavy atom. The number of halogens is 3. The zero-order chi connectivity index (χ0) is 13.6. The van der Waals surface area contributed by atoms with Gasteiger partial charge in [0.25, 0.3) is 0 Å². The largest absolute Gasteiger partial charge is 0.480 e. The van der Waals surface area contributed by atoms with Crippen molar-refractivity contribution in [3.05, 3.63) is 0 Å². The maximum absolute atomic E-state index is 12.0. The van der Waals surface area contributed by atoms with Gasteiger partial charge in [-0.2, -0.15) is 13.2 Å². The Balaban J connectivity index is 2.23. The van der Waals surface area contributed by atoms with Gasteiger partial charge in [-0.05, 0) is 24.7 Å². The molecule has 0 aromatic rings. The van der Waals surface area contributed by atoms with Crippen LogP contribution < -0.4 is 0 Å². The summed E-state index contributed by atoms with van der Waals surface area (Å²) in [6, 6.07) is 0. The third-order valence-electron chi connectivity index (χ3n) is 2.71. The van der Waals surface area contributed by atoms with E-state index in [0.717, 1.165) is 13.0 Å². The van der Waals surface area contributed by atoms with Gasteiger partial charge in [0.05, 0.1) is 6.54 Å². The Hall–Kier alpha value is -0.470. The maximum Gasteiger partial charge on any atom is 0.441 e. The average molecular weight is 286 g/mol. The van der Waals surface area contributed by atoms with Crippen LogP contribution in [-0.4, -0.2) is 71.4 Å². The predicted octanol–water partition coefficient (Wildman–Crippen LogP) is 1.33. The van der Waals surface area contributed by atoms with Crippen LogP contribution in [0.1, 0.15) is 6.42 Å². The van der Waals surface area contributed by atoms with Crippen LogP contribution >= 0.6 is 11.8 Å². The third kappa shape index (κ3) is 7.07. The molecule has 0 amide bonds. The van der Waals surface area contributed by atoms with E-state index in [1.54, 1.807) is 0 Å². The molecular weight excluding hydrogens is 269 g/mol. The first-order chi connectivity index (χ1) is 8.37. The molecule has 106 valence electrons. The number of rotatable bonds is 5. The Morgan fingerprint density at radius 1 is 1.17 bits per heavy atom. The predicted molar refractivity (Wildman–Crippen MR) is 63.6 cm³/mol. The quantitative estimate of drug-likeness (QED) is 0.826. The van der Waals surface area contributed by atoms with Gasteiger partial charge in [-0.25, -0.2) is 0 Å². The number of nitrogens with zero attached hydrogens (tertiary/aromatic N) is 2. The van der Waals surface area contributed by atoms with E-state index < -0.39 is 11.5 Å². The van der Waals surface area contributed by atoms with Crippen molar-refractivity contribution in [1.29, 1.82) is 0 Å². The zero-order valence-corrected chi connectivity index (χ0v) is 10.8. The van der Waals surface area contributed by atoms with E-state index in [0.29, 0.717) is 26.2 Å². The molecule has 1 fully saturated rings. The van der Waals surface area contributed by atoms with Crippen LogP contribution in [0.5, 0.6) is 0 Å². The summed E-state index contributed by atoms with van der Waals surface area (Å²) >= 11 is -0.00392. The molecule has 1 N–H and O–H groups in total. The minimum atomic E-state index is -4.17. The van der Waals surface area contributed by atoms with Gasteiger partial charge >= 0.3 is 11.5 Å². The lowest BCUT2D eigenvalue weighted by Crippen LogP contribution is -2.34. The van der Waals surface area contributed by atoms with Crippen molar-refractivity contribution in [2.75, 3.05) is 45.0 Å². The Bertz CT molecular complexity index is 276. The van der Waals surface area contributed by atoms with E-state index in [9.17, 15) is 18.0 Å². The molecule has 1 aliphatic rings. The Kier molecular flexibility index (Phi) is 6.24. The molecule has 0 saturated carbocycles. The van der Waals surface area contributed by atoms with Crippen LogP contribution in [0.4, 0.5) is 13.2 Å². The molecule has 1 rings (SSSR count). The van der Waals surface area contributed by atoms with Crippen LogP contribution in [0.15, 0.2) is 0 Å². The number of carboxylic acid groups (broad SMARTS) is 1. The summed E-state index contributed by atoms with van der Waals surface area (Å²) in [5.41, 5.74) is -4.17. The first-order valence-electron chi connectivity index (χ1n) is 5.74. The van der Waals surface area contributed by atoms with E-state index in [2.05, 4.69) is 0 Å². The summed E-state index contributed by atoms with van der Waals surface area (Å²) in [4.78, 5) is 14.3. The fourth-order valence-corrected chi connectivity index (χ4v) is 2.47. The molecule has 4 nitrogen and oxygen atoms in total. The molecule has 0 bridgehead atoms. The molecule has 0 aromatic heterocycles. The second kappa shape index (κ2) is 7.20. The second-order valence-electron chi connectivity index (χ2n) is 4.16. The minimum Gasteiger partial charge on any atom is -0.480 e. The van der Waals surface area contributed by atoms with Gasteiger partial charge < -0.3 is 10.0 Å². The number of hydrogen-bond acceptors (Lipinski definition) is 4. The number of alkyl halides is 3. The fraction of sp³-hybridized carbons (Fsp3) is 0.900. The average Bonchev–Trinajstić information content (AvgIpc) is 2.41. The van der Waals surface area contributed by atoms with Crippen molar-refractivity contribution >= 4 is 17.7 Å². The van der Waals surface area contributed by atoms with Gasteiger partial charge in [-0.1, -0.05) is 0 Å². The van der Waals surface area contributed by atoms with Crippen LogP contribution in [0.3, 0.4) is 0 Å². The number of thioether (sulfide) groups is 1. The van der Waals surface area contributed by atoms with Gasteiger partial charge in [-0.3, -0.25) is 9.69 Å². The lowest BCUT2D eigenvalue weighted by atomic mass is 10.4. The third-order valence-corrected chi connectivity index (χ3v) is 3.43. The first-order valence-corrected chi connectivity index (χ1v) is 6.72. The van der Waals surface area contributed by atoms with Crippen molar-refractivity contribution in [1.82, 2.24) is 9.80 Å². The van der Waals surface area contributed by atoms with Crippen LogP contribution in [-0.2, 0) is 4.79 Å². The van der Waals surface area contributed by atoms with Gasteiger partial charge in [0.1, 0.15) is 0 Å². The summed E-state index contributed by atoms with van der Waals surface area (Å²) in [7, 11) is 0. The van der Waals surface area contributed by atoms with E-state index in [-0.39, 0.29) is 24.1 Å². The Labute approximate surface area is 108 Å². The highest BCUT2D eigenvalue weighted by molar-refractivity contribution is 8.00. The number of carboxylic acids is 1. The van der Waals surface area contributed by atoms with Crippen molar-refractivity contribution in [3.63, 3.8) is 0 Å². The smallest absolute Gasteiger partial charge is 0.441 e. The zero-order valence-electron chi connectivity index (χ0n) is 9.95. The highest BCUT2D eigenvalue weighted by atomic mass is 32.2. The SMILES string of the molecule is O=C(O)CN1CCCN(CCSC(F)(F)F)CC1. The van der Waals surface area contributed by atoms with Crippen molar-refractivity contribution in [2.45, 2.75) is 11.9 Å². The first kappa shape index (κ1) is 15.6. The van der Waals surface area contributed by atoms with Crippen molar-refractivity contribution in [2.24, 2.45) is 0 Å². The molecule has 0 atom stereocenters. The van der Waals surface area contributed by atoms with Gasteiger partial charge in [-0.15, -0.1) is 0 Å². The highest BCUT2D eigenvalue weighted by Gasteiger charge is 2.28. The lowest BCUT2D eigenvalue weighted by Gasteiger charge is -2.20. The van der Waals surface area contributed by atoms with E-state index in [1.807, 2.05) is 9.80 Å². The molecule has 1 saturated heterocycles. The molecule has 1 aliphatic heterocycles. The van der Waals surface area contributed by atoms with Gasteiger partial charge in [0.15, 0.2) is 0 Å². The van der Waals surface area contributed by atoms with E-state index >= 15 is 0 Å². The topological polar surface area (TPSA) is 43.8 Å². The summed E-state index contributed by atoms with van der Waals surface area (Å²) in [5, 5.41) is 8.67. The van der Waals surface area contributed by atoms with Gasteiger partial charge in [0, 0.05) is 31.9 Å². The van der Waals surface area contributed by atoms with E-state index in [1.165, 1.54) is 0 Å². The maximum atomic E-state index is 12.0. The van der Waals surface area contributed by atoms with Crippen LogP contribution in [0.2, 0.25) is 0 Å². The second-order valence-corrected chi connectivity index (χ2v) is 5.32. The van der Waals surface area contributed by atoms with Crippen molar-refractivity contribution < 1.29 is 23.1 Å². The number of carbonyl (C=O) groups is 1. The molecule has 0 aliphatic carbocycles. The number of aliphatic carboxylic acids is 1. The molecule has 0 spiro atoms. The minimum absolute atomic E-state index is 0.00392. The normalized spacial score (nSPS) is 19.7. The molecule has 0 radical (unpaired) electrons. The molecule has 1 heterocycles. The molecular formula is C10H17F3N2O2S. The fourth-order valence-electron chi connectivity index (χ4n) is 1.89. The number of hydrogen-bond donors (Lipinski definition) is 1. The molecule has 0 unspecified atom stereocenters. The molecule has 8 heteroatoms.